The standard InChI is InChI=1S/C17H28ClN3/c1-17(2,3)16(19)7-8-20-9-11-21(12-10-20)15-6-4-5-14(18)13-15/h4-6,13,16H,7-12,19H2,1-3H3. The third kappa shape index (κ3) is 4.87. The zero-order valence-electron chi connectivity index (χ0n) is 13.5. The number of rotatable bonds is 4. The van der Waals surface area contributed by atoms with Crippen LogP contribution in [-0.4, -0.2) is 43.7 Å². The molecule has 0 saturated carbocycles. The minimum atomic E-state index is 0.197. The van der Waals surface area contributed by atoms with Gasteiger partial charge in [-0.2, -0.15) is 0 Å². The molecule has 0 aliphatic carbocycles. The molecule has 4 heteroatoms. The van der Waals surface area contributed by atoms with Gasteiger partial charge < -0.3 is 10.6 Å². The highest BCUT2D eigenvalue weighted by Gasteiger charge is 2.22. The molecule has 1 aliphatic heterocycles. The fourth-order valence-corrected chi connectivity index (χ4v) is 2.84. The van der Waals surface area contributed by atoms with Crippen molar-refractivity contribution in [1.82, 2.24) is 4.90 Å². The lowest BCUT2D eigenvalue weighted by Gasteiger charge is -2.37. The van der Waals surface area contributed by atoms with Gasteiger partial charge in [0, 0.05) is 42.9 Å². The number of benzene rings is 1. The molecule has 1 aliphatic rings. The normalized spacial score (nSPS) is 18.8. The molecular weight excluding hydrogens is 282 g/mol. The van der Waals surface area contributed by atoms with Crippen molar-refractivity contribution in [1.29, 1.82) is 0 Å². The zero-order valence-corrected chi connectivity index (χ0v) is 14.2. The Kier molecular flexibility index (Phi) is 5.53. The summed E-state index contributed by atoms with van der Waals surface area (Å²) in [6.07, 6.45) is 1.07. The van der Waals surface area contributed by atoms with E-state index >= 15 is 0 Å². The van der Waals surface area contributed by atoms with E-state index in [1.165, 1.54) is 5.69 Å². The molecule has 3 nitrogen and oxygen atoms in total. The maximum Gasteiger partial charge on any atom is 0.0426 e. The topological polar surface area (TPSA) is 32.5 Å². The summed E-state index contributed by atoms with van der Waals surface area (Å²) in [5.74, 6) is 0. The number of hydrogen-bond acceptors (Lipinski definition) is 3. The van der Waals surface area contributed by atoms with Crippen LogP contribution in [-0.2, 0) is 0 Å². The minimum Gasteiger partial charge on any atom is -0.369 e. The molecule has 1 aromatic carbocycles. The fourth-order valence-electron chi connectivity index (χ4n) is 2.66. The van der Waals surface area contributed by atoms with Gasteiger partial charge in [0.15, 0.2) is 0 Å². The first-order valence-corrected chi connectivity index (χ1v) is 8.22. The average Bonchev–Trinajstić information content (AvgIpc) is 2.44. The Hall–Kier alpha value is -0.770. The van der Waals surface area contributed by atoms with Crippen molar-refractivity contribution in [3.8, 4) is 0 Å². The van der Waals surface area contributed by atoms with Crippen molar-refractivity contribution in [2.24, 2.45) is 11.1 Å². The van der Waals surface area contributed by atoms with E-state index in [2.05, 4.69) is 36.6 Å². The SMILES string of the molecule is CC(C)(C)C(N)CCN1CCN(c2cccc(Cl)c2)CC1. The second-order valence-electron chi connectivity index (χ2n) is 7.07. The van der Waals surface area contributed by atoms with Crippen LogP contribution in [0, 0.1) is 5.41 Å². The quantitative estimate of drug-likeness (QED) is 0.927. The summed E-state index contributed by atoms with van der Waals surface area (Å²) < 4.78 is 0. The number of piperazine rings is 1. The molecule has 1 atom stereocenters. The third-order valence-corrected chi connectivity index (χ3v) is 4.65. The maximum absolute atomic E-state index is 6.25. The molecule has 2 rings (SSSR count). The molecule has 0 spiro atoms. The Morgan fingerprint density at radius 1 is 1.19 bits per heavy atom. The van der Waals surface area contributed by atoms with Gasteiger partial charge in [-0.3, -0.25) is 4.90 Å². The van der Waals surface area contributed by atoms with Crippen molar-refractivity contribution in [2.75, 3.05) is 37.6 Å². The van der Waals surface area contributed by atoms with E-state index in [1.54, 1.807) is 0 Å². The number of nitrogens with two attached hydrogens (primary N) is 1. The molecule has 0 amide bonds. The zero-order chi connectivity index (χ0) is 15.5. The van der Waals surface area contributed by atoms with Crippen LogP contribution >= 0.6 is 11.6 Å². The molecule has 0 radical (unpaired) electrons. The lowest BCUT2D eigenvalue weighted by molar-refractivity contribution is 0.219. The van der Waals surface area contributed by atoms with Crippen molar-refractivity contribution in [3.05, 3.63) is 29.3 Å². The van der Waals surface area contributed by atoms with E-state index in [9.17, 15) is 0 Å². The van der Waals surface area contributed by atoms with Gasteiger partial charge in [0.25, 0.3) is 0 Å². The van der Waals surface area contributed by atoms with Crippen molar-refractivity contribution in [3.63, 3.8) is 0 Å². The molecule has 21 heavy (non-hydrogen) atoms. The molecule has 1 unspecified atom stereocenters. The van der Waals surface area contributed by atoms with Gasteiger partial charge in [0.05, 0.1) is 0 Å². The van der Waals surface area contributed by atoms with Gasteiger partial charge in [0.2, 0.25) is 0 Å². The average molecular weight is 310 g/mol. The van der Waals surface area contributed by atoms with Crippen molar-refractivity contribution >= 4 is 17.3 Å². The molecule has 118 valence electrons. The Morgan fingerprint density at radius 2 is 1.86 bits per heavy atom. The molecule has 1 fully saturated rings. The Balaban J connectivity index is 1.78. The second kappa shape index (κ2) is 6.99. The van der Waals surface area contributed by atoms with Crippen LogP contribution in [0.5, 0.6) is 0 Å². The van der Waals surface area contributed by atoms with E-state index in [4.69, 9.17) is 17.3 Å². The predicted molar refractivity (Wildman–Crippen MR) is 92.2 cm³/mol. The molecule has 0 bridgehead atoms. The molecule has 1 aromatic rings. The van der Waals surface area contributed by atoms with Gasteiger partial charge in [-0.25, -0.2) is 0 Å². The van der Waals surface area contributed by atoms with E-state index < -0.39 is 0 Å². The van der Waals surface area contributed by atoms with Crippen molar-refractivity contribution < 1.29 is 0 Å². The van der Waals surface area contributed by atoms with Crippen LogP contribution in [0.25, 0.3) is 0 Å². The van der Waals surface area contributed by atoms with Gasteiger partial charge in [-0.15, -0.1) is 0 Å². The van der Waals surface area contributed by atoms with E-state index in [1.807, 2.05) is 18.2 Å². The van der Waals surface area contributed by atoms with Gasteiger partial charge in [0.1, 0.15) is 0 Å². The highest BCUT2D eigenvalue weighted by molar-refractivity contribution is 6.30. The smallest absolute Gasteiger partial charge is 0.0426 e. The highest BCUT2D eigenvalue weighted by Crippen LogP contribution is 2.22. The fraction of sp³-hybridized carbons (Fsp3) is 0.647. The first kappa shape index (κ1) is 16.6. The van der Waals surface area contributed by atoms with Crippen LogP contribution in [0.4, 0.5) is 5.69 Å². The van der Waals surface area contributed by atoms with Gasteiger partial charge >= 0.3 is 0 Å². The number of anilines is 1. The summed E-state index contributed by atoms with van der Waals surface area (Å²) in [5.41, 5.74) is 7.68. The molecule has 2 N–H and O–H groups in total. The summed E-state index contributed by atoms with van der Waals surface area (Å²) >= 11 is 6.07. The highest BCUT2D eigenvalue weighted by atomic mass is 35.5. The van der Waals surface area contributed by atoms with Crippen LogP contribution in [0.2, 0.25) is 5.02 Å². The predicted octanol–water partition coefficient (Wildman–Crippen LogP) is 3.23. The third-order valence-electron chi connectivity index (χ3n) is 4.41. The van der Waals surface area contributed by atoms with E-state index in [0.717, 1.165) is 44.2 Å². The summed E-state index contributed by atoms with van der Waals surface area (Å²) in [6.45, 7) is 12.1. The van der Waals surface area contributed by atoms with Crippen LogP contribution in [0.15, 0.2) is 24.3 Å². The van der Waals surface area contributed by atoms with Gasteiger partial charge in [-0.05, 0) is 36.6 Å². The second-order valence-corrected chi connectivity index (χ2v) is 7.51. The first-order chi connectivity index (χ1) is 9.86. The lowest BCUT2D eigenvalue weighted by atomic mass is 9.85. The maximum atomic E-state index is 6.25. The van der Waals surface area contributed by atoms with Crippen LogP contribution in [0.3, 0.4) is 0 Å². The molecule has 1 saturated heterocycles. The lowest BCUT2D eigenvalue weighted by Crippen LogP contribution is -2.48. The van der Waals surface area contributed by atoms with Crippen LogP contribution in [0.1, 0.15) is 27.2 Å². The molecular formula is C17H28ClN3. The van der Waals surface area contributed by atoms with Crippen molar-refractivity contribution in [2.45, 2.75) is 33.2 Å². The minimum absolute atomic E-state index is 0.197. The monoisotopic (exact) mass is 309 g/mol. The summed E-state index contributed by atoms with van der Waals surface area (Å²) in [6, 6.07) is 8.40. The largest absolute Gasteiger partial charge is 0.369 e. The molecule has 0 aromatic heterocycles. The molecule has 1 heterocycles. The number of hydrogen-bond donors (Lipinski definition) is 1. The Bertz CT molecular complexity index is 448. The van der Waals surface area contributed by atoms with Gasteiger partial charge in [-0.1, -0.05) is 38.4 Å². The Labute approximate surface area is 134 Å². The van der Waals surface area contributed by atoms with Crippen LogP contribution < -0.4 is 10.6 Å². The summed E-state index contributed by atoms with van der Waals surface area (Å²) in [5, 5.41) is 0.811. The van der Waals surface area contributed by atoms with E-state index in [-0.39, 0.29) is 11.5 Å². The Morgan fingerprint density at radius 3 is 2.43 bits per heavy atom. The number of nitrogens with zero attached hydrogens (tertiary/aromatic N) is 2. The summed E-state index contributed by atoms with van der Waals surface area (Å²) in [7, 11) is 0. The first-order valence-electron chi connectivity index (χ1n) is 7.85. The summed E-state index contributed by atoms with van der Waals surface area (Å²) in [4.78, 5) is 4.93. The van der Waals surface area contributed by atoms with E-state index in [0.29, 0.717) is 0 Å². The number of halogens is 1.